The first-order chi connectivity index (χ1) is 8.01. The number of nitrogens with zero attached hydrogens (tertiary/aromatic N) is 2. The number of esters is 1. The van der Waals surface area contributed by atoms with E-state index in [9.17, 15) is 13.6 Å². The maximum atomic E-state index is 12.4. The van der Waals surface area contributed by atoms with Crippen molar-refractivity contribution in [1.82, 2.24) is 4.98 Å². The first kappa shape index (κ1) is 13.5. The average Bonchev–Trinajstić information content (AvgIpc) is 2.27. The van der Waals surface area contributed by atoms with Crippen molar-refractivity contribution in [3.8, 4) is 6.07 Å². The number of halogens is 3. The van der Waals surface area contributed by atoms with Crippen LogP contribution in [0, 0.1) is 11.3 Å². The minimum Gasteiger partial charge on any atom is -0.462 e. The SMILES string of the molecule is CCOC(=O)c1c(Br)cc(C(F)F)nc1C#N. The van der Waals surface area contributed by atoms with Crippen LogP contribution in [0.4, 0.5) is 8.78 Å². The van der Waals surface area contributed by atoms with Crippen molar-refractivity contribution < 1.29 is 18.3 Å². The number of nitriles is 1. The van der Waals surface area contributed by atoms with E-state index >= 15 is 0 Å². The number of hydrogen-bond donors (Lipinski definition) is 0. The van der Waals surface area contributed by atoms with E-state index in [0.717, 1.165) is 6.07 Å². The van der Waals surface area contributed by atoms with Crippen LogP contribution in [-0.4, -0.2) is 17.6 Å². The predicted octanol–water partition coefficient (Wildman–Crippen LogP) is 2.83. The Morgan fingerprint density at radius 3 is 2.82 bits per heavy atom. The minimum absolute atomic E-state index is 0.0674. The Labute approximate surface area is 104 Å². The van der Waals surface area contributed by atoms with Gasteiger partial charge in [0.05, 0.1) is 6.61 Å². The van der Waals surface area contributed by atoms with Gasteiger partial charge in [-0.15, -0.1) is 0 Å². The van der Waals surface area contributed by atoms with Crippen LogP contribution in [0.25, 0.3) is 0 Å². The summed E-state index contributed by atoms with van der Waals surface area (Å²) in [4.78, 5) is 14.9. The Morgan fingerprint density at radius 2 is 2.35 bits per heavy atom. The summed E-state index contributed by atoms with van der Waals surface area (Å²) in [6.07, 6.45) is -2.81. The molecule has 0 aliphatic carbocycles. The molecule has 0 radical (unpaired) electrons. The van der Waals surface area contributed by atoms with Gasteiger partial charge in [0.25, 0.3) is 6.43 Å². The molecule has 0 N–H and O–H groups in total. The Balaban J connectivity index is 3.32. The van der Waals surface area contributed by atoms with Crippen molar-refractivity contribution in [3.63, 3.8) is 0 Å². The second kappa shape index (κ2) is 5.68. The molecule has 0 aliphatic heterocycles. The Kier molecular flexibility index (Phi) is 4.52. The molecule has 1 aromatic rings. The predicted molar refractivity (Wildman–Crippen MR) is 57.6 cm³/mol. The van der Waals surface area contributed by atoms with E-state index in [0.29, 0.717) is 0 Å². The highest BCUT2D eigenvalue weighted by molar-refractivity contribution is 9.10. The van der Waals surface area contributed by atoms with E-state index in [1.165, 1.54) is 0 Å². The van der Waals surface area contributed by atoms with Gasteiger partial charge in [-0.1, -0.05) is 0 Å². The molecular formula is C10H7BrF2N2O2. The lowest BCUT2D eigenvalue weighted by Crippen LogP contribution is -2.10. The molecule has 0 amide bonds. The zero-order chi connectivity index (χ0) is 13.0. The molecule has 0 aliphatic rings. The molecule has 1 aromatic heterocycles. The molecule has 0 aromatic carbocycles. The van der Waals surface area contributed by atoms with Gasteiger partial charge in [-0.05, 0) is 28.9 Å². The van der Waals surface area contributed by atoms with Crippen molar-refractivity contribution in [2.75, 3.05) is 6.61 Å². The summed E-state index contributed by atoms with van der Waals surface area (Å²) in [5, 5.41) is 8.78. The molecule has 0 spiro atoms. The average molecular weight is 305 g/mol. The molecule has 7 heteroatoms. The number of alkyl halides is 2. The zero-order valence-electron chi connectivity index (χ0n) is 8.71. The topological polar surface area (TPSA) is 63.0 Å². The quantitative estimate of drug-likeness (QED) is 0.806. The van der Waals surface area contributed by atoms with Gasteiger partial charge in [0.1, 0.15) is 17.3 Å². The van der Waals surface area contributed by atoms with Crippen molar-refractivity contribution >= 4 is 21.9 Å². The molecule has 0 saturated heterocycles. The van der Waals surface area contributed by atoms with Crippen molar-refractivity contribution in [2.24, 2.45) is 0 Å². The van der Waals surface area contributed by atoms with Crippen LogP contribution in [0.2, 0.25) is 0 Å². The molecule has 90 valence electrons. The monoisotopic (exact) mass is 304 g/mol. The van der Waals surface area contributed by atoms with Crippen LogP contribution in [0.1, 0.15) is 35.1 Å². The van der Waals surface area contributed by atoms with Gasteiger partial charge in [0, 0.05) is 4.47 Å². The maximum Gasteiger partial charge on any atom is 0.342 e. The summed E-state index contributed by atoms with van der Waals surface area (Å²) in [6.45, 7) is 1.71. The highest BCUT2D eigenvalue weighted by atomic mass is 79.9. The summed E-state index contributed by atoms with van der Waals surface area (Å²) in [5.41, 5.74) is -1.09. The fourth-order valence-electron chi connectivity index (χ4n) is 1.12. The van der Waals surface area contributed by atoms with Gasteiger partial charge in [-0.3, -0.25) is 0 Å². The van der Waals surface area contributed by atoms with Crippen LogP contribution in [0.5, 0.6) is 0 Å². The van der Waals surface area contributed by atoms with E-state index in [1.54, 1.807) is 13.0 Å². The second-order valence-corrected chi connectivity index (χ2v) is 3.74. The van der Waals surface area contributed by atoms with Gasteiger partial charge < -0.3 is 4.74 Å². The summed E-state index contributed by atoms with van der Waals surface area (Å²) in [7, 11) is 0. The second-order valence-electron chi connectivity index (χ2n) is 2.89. The molecule has 17 heavy (non-hydrogen) atoms. The molecule has 0 saturated carbocycles. The van der Waals surface area contributed by atoms with Crippen LogP contribution < -0.4 is 0 Å². The van der Waals surface area contributed by atoms with E-state index in [1.807, 2.05) is 0 Å². The lowest BCUT2D eigenvalue weighted by molar-refractivity contribution is 0.0523. The first-order valence-electron chi connectivity index (χ1n) is 4.57. The number of carbonyl (C=O) groups excluding carboxylic acids is 1. The lowest BCUT2D eigenvalue weighted by Gasteiger charge is -2.07. The Bertz CT molecular complexity index is 486. The molecule has 0 fully saturated rings. The fraction of sp³-hybridized carbons (Fsp3) is 0.300. The summed E-state index contributed by atoms with van der Waals surface area (Å²) < 4.78 is 29.6. The normalized spacial score (nSPS) is 10.1. The number of aromatic nitrogens is 1. The van der Waals surface area contributed by atoms with Crippen molar-refractivity contribution in [3.05, 3.63) is 27.5 Å². The largest absolute Gasteiger partial charge is 0.462 e. The number of hydrogen-bond acceptors (Lipinski definition) is 4. The highest BCUT2D eigenvalue weighted by Gasteiger charge is 2.22. The summed E-state index contributed by atoms with van der Waals surface area (Å²) >= 11 is 2.95. The third-order valence-corrected chi connectivity index (χ3v) is 2.43. The fourth-order valence-corrected chi connectivity index (χ4v) is 1.71. The zero-order valence-corrected chi connectivity index (χ0v) is 10.3. The van der Waals surface area contributed by atoms with Crippen LogP contribution >= 0.6 is 15.9 Å². The molecule has 1 rings (SSSR count). The molecule has 4 nitrogen and oxygen atoms in total. The third-order valence-electron chi connectivity index (χ3n) is 1.80. The summed E-state index contributed by atoms with van der Waals surface area (Å²) in [6, 6.07) is 2.59. The first-order valence-corrected chi connectivity index (χ1v) is 5.36. The van der Waals surface area contributed by atoms with Gasteiger partial charge in [0.15, 0.2) is 5.69 Å². The Morgan fingerprint density at radius 1 is 1.71 bits per heavy atom. The highest BCUT2D eigenvalue weighted by Crippen LogP contribution is 2.26. The molecule has 0 bridgehead atoms. The third kappa shape index (κ3) is 2.97. The van der Waals surface area contributed by atoms with Crippen molar-refractivity contribution in [1.29, 1.82) is 5.26 Å². The van der Waals surface area contributed by atoms with Gasteiger partial charge >= 0.3 is 5.97 Å². The Hall–Kier alpha value is -1.55. The number of carbonyl (C=O) groups is 1. The van der Waals surface area contributed by atoms with Gasteiger partial charge in [-0.25, -0.2) is 18.6 Å². The molecule has 0 unspecified atom stereocenters. The maximum absolute atomic E-state index is 12.4. The lowest BCUT2D eigenvalue weighted by atomic mass is 10.2. The minimum atomic E-state index is -2.81. The van der Waals surface area contributed by atoms with Crippen LogP contribution in [0.15, 0.2) is 10.5 Å². The van der Waals surface area contributed by atoms with E-state index in [4.69, 9.17) is 10.00 Å². The summed E-state index contributed by atoms with van der Waals surface area (Å²) in [5.74, 6) is -0.774. The van der Waals surface area contributed by atoms with Crippen LogP contribution in [0.3, 0.4) is 0 Å². The molecular weight excluding hydrogens is 298 g/mol. The number of rotatable bonds is 3. The standard InChI is InChI=1S/C10H7BrF2N2O2/c1-2-17-10(16)8-5(11)3-6(9(12)13)15-7(8)4-14/h3,9H,2H2,1H3. The van der Waals surface area contributed by atoms with Gasteiger partial charge in [0.2, 0.25) is 0 Å². The van der Waals surface area contributed by atoms with Crippen molar-refractivity contribution in [2.45, 2.75) is 13.3 Å². The van der Waals surface area contributed by atoms with Crippen LogP contribution in [-0.2, 0) is 4.74 Å². The van der Waals surface area contributed by atoms with E-state index in [2.05, 4.69) is 20.9 Å². The molecule has 1 heterocycles. The number of ether oxygens (including phenoxy) is 1. The van der Waals surface area contributed by atoms with E-state index < -0.39 is 18.1 Å². The van der Waals surface area contributed by atoms with E-state index in [-0.39, 0.29) is 22.3 Å². The number of pyridine rings is 1. The molecule has 0 atom stereocenters. The smallest absolute Gasteiger partial charge is 0.342 e. The van der Waals surface area contributed by atoms with Gasteiger partial charge in [-0.2, -0.15) is 5.26 Å².